The van der Waals surface area contributed by atoms with Crippen LogP contribution in [0.2, 0.25) is 0 Å². The van der Waals surface area contributed by atoms with Crippen LogP contribution in [0.3, 0.4) is 0 Å². The first-order valence-electron chi connectivity index (χ1n) is 23.2. The summed E-state index contributed by atoms with van der Waals surface area (Å²) >= 11 is 0. The second-order valence-electron chi connectivity index (χ2n) is 18.2. The molecule has 10 aromatic carbocycles. The van der Waals surface area contributed by atoms with Gasteiger partial charge in [-0.05, 0) is 175 Å². The molecule has 14 rings (SSSR count). The Morgan fingerprint density at radius 3 is 0.853 bits per heavy atom. The number of nitrogens with zero attached hydrogens (tertiary/aromatic N) is 2. The highest BCUT2D eigenvalue weighted by Gasteiger charge is 2.63. The average Bonchev–Trinajstić information content (AvgIpc) is 4.07. The minimum atomic E-state index is -0.721. The lowest BCUT2D eigenvalue weighted by Crippen LogP contribution is -2.29. The second-order valence-corrected chi connectivity index (χ2v) is 18.2. The Balaban J connectivity index is 1.12. The van der Waals surface area contributed by atoms with Crippen molar-refractivity contribution < 1.29 is 8.78 Å². The lowest BCUT2D eigenvalue weighted by atomic mass is 9.66. The third-order valence-corrected chi connectivity index (χ3v) is 15.0. The molecule has 2 nitrogen and oxygen atoms in total. The van der Waals surface area contributed by atoms with Gasteiger partial charge in [0.2, 0.25) is 0 Å². The first-order valence-corrected chi connectivity index (χ1v) is 23.2. The molecule has 0 aliphatic heterocycles. The van der Waals surface area contributed by atoms with Crippen molar-refractivity contribution in [2.45, 2.75) is 10.8 Å². The van der Waals surface area contributed by atoms with Crippen LogP contribution in [0.25, 0.3) is 33.4 Å². The molecule has 4 aliphatic rings. The van der Waals surface area contributed by atoms with Crippen LogP contribution in [0, 0.1) is 11.6 Å². The molecule has 0 saturated heterocycles. The number of allylic oxidation sites excluding steroid dienone is 2. The largest absolute Gasteiger partial charge is 0.310 e. The Kier molecular flexibility index (Phi) is 8.21. The third-order valence-electron chi connectivity index (χ3n) is 15.0. The van der Waals surface area contributed by atoms with Crippen molar-refractivity contribution in [3.8, 4) is 22.3 Å². The van der Waals surface area contributed by atoms with E-state index in [1.54, 1.807) is 24.3 Å². The van der Waals surface area contributed by atoms with Crippen LogP contribution in [0.4, 0.5) is 42.9 Å². The SMILES string of the molecule is Fc1ccc(N(c2ccccc2)c2ccc3c(c2)C2(C4=C3C3(c5cc(N(c6ccccc6)c6ccc(F)cc6)ccc54)c4ccccc4-c4ccccc43)c3ccccc3-c3ccccc32)cc1. The number of rotatable bonds is 6. The Bertz CT molecular complexity index is 3370. The molecule has 0 fully saturated rings. The molecule has 4 aliphatic carbocycles. The Labute approximate surface area is 394 Å². The summed E-state index contributed by atoms with van der Waals surface area (Å²) in [6.45, 7) is 0. The van der Waals surface area contributed by atoms with Crippen molar-refractivity contribution in [2.75, 3.05) is 9.80 Å². The van der Waals surface area contributed by atoms with E-state index in [0.29, 0.717) is 0 Å². The molecule has 0 atom stereocenters. The predicted octanol–water partition coefficient (Wildman–Crippen LogP) is 16.5. The van der Waals surface area contributed by atoms with E-state index in [4.69, 9.17) is 0 Å². The van der Waals surface area contributed by atoms with Gasteiger partial charge in [-0.1, -0.05) is 146 Å². The highest BCUT2D eigenvalue weighted by atomic mass is 19.1. The van der Waals surface area contributed by atoms with E-state index in [9.17, 15) is 8.78 Å². The molecule has 0 bridgehead atoms. The molecule has 68 heavy (non-hydrogen) atoms. The van der Waals surface area contributed by atoms with Crippen molar-refractivity contribution in [3.05, 3.63) is 299 Å². The van der Waals surface area contributed by atoms with Gasteiger partial charge in [-0.2, -0.15) is 0 Å². The van der Waals surface area contributed by atoms with Crippen LogP contribution >= 0.6 is 0 Å². The summed E-state index contributed by atoms with van der Waals surface area (Å²) in [5.41, 5.74) is 21.6. The zero-order chi connectivity index (χ0) is 45.1. The summed E-state index contributed by atoms with van der Waals surface area (Å²) in [5, 5.41) is 0. The molecule has 2 spiro atoms. The molecule has 4 heteroatoms. The van der Waals surface area contributed by atoms with Gasteiger partial charge in [-0.25, -0.2) is 8.78 Å². The maximum atomic E-state index is 14.6. The van der Waals surface area contributed by atoms with Crippen molar-refractivity contribution in [1.82, 2.24) is 0 Å². The van der Waals surface area contributed by atoms with Crippen LogP contribution in [-0.2, 0) is 10.8 Å². The molecule has 0 radical (unpaired) electrons. The highest BCUT2D eigenvalue weighted by Crippen LogP contribution is 2.75. The van der Waals surface area contributed by atoms with Crippen molar-refractivity contribution in [1.29, 1.82) is 0 Å². The van der Waals surface area contributed by atoms with Gasteiger partial charge in [0.05, 0.1) is 10.8 Å². The molecule has 0 amide bonds. The zero-order valence-corrected chi connectivity index (χ0v) is 36.7. The molecule has 0 saturated carbocycles. The fraction of sp³-hybridized carbons (Fsp3) is 0.0312. The molecule has 0 aromatic heterocycles. The van der Waals surface area contributed by atoms with Crippen molar-refractivity contribution in [3.63, 3.8) is 0 Å². The van der Waals surface area contributed by atoms with Crippen LogP contribution in [0.1, 0.15) is 44.5 Å². The molecule has 0 unspecified atom stereocenters. The second kappa shape index (κ2) is 14.4. The van der Waals surface area contributed by atoms with Gasteiger partial charge in [0.25, 0.3) is 0 Å². The number of halogens is 2. The molecule has 320 valence electrons. The minimum absolute atomic E-state index is 0.275. The minimum Gasteiger partial charge on any atom is -0.310 e. The first kappa shape index (κ1) is 38.6. The van der Waals surface area contributed by atoms with E-state index < -0.39 is 10.8 Å². The van der Waals surface area contributed by atoms with Crippen LogP contribution < -0.4 is 9.80 Å². The summed E-state index contributed by atoms with van der Waals surface area (Å²) < 4.78 is 29.3. The number of hydrogen-bond acceptors (Lipinski definition) is 2. The number of anilines is 6. The summed E-state index contributed by atoms with van der Waals surface area (Å²) in [6, 6.07) is 84.4. The van der Waals surface area contributed by atoms with Crippen molar-refractivity contribution >= 4 is 45.3 Å². The fourth-order valence-corrected chi connectivity index (χ4v) is 12.5. The molecule has 0 N–H and O–H groups in total. The highest BCUT2D eigenvalue weighted by molar-refractivity contribution is 6.20. The normalized spacial score (nSPS) is 14.5. The number of para-hydroxylation sites is 2. The van der Waals surface area contributed by atoms with Gasteiger partial charge in [-0.15, -0.1) is 0 Å². The Morgan fingerprint density at radius 1 is 0.235 bits per heavy atom. The first-order chi connectivity index (χ1) is 33.6. The lowest BCUT2D eigenvalue weighted by Gasteiger charge is -2.36. The molecule has 10 aromatic rings. The summed E-state index contributed by atoms with van der Waals surface area (Å²) in [5.74, 6) is -0.550. The predicted molar refractivity (Wildman–Crippen MR) is 272 cm³/mol. The van der Waals surface area contributed by atoms with Gasteiger partial charge < -0.3 is 9.80 Å². The maximum absolute atomic E-state index is 14.6. The van der Waals surface area contributed by atoms with Gasteiger partial charge in [-0.3, -0.25) is 0 Å². The van der Waals surface area contributed by atoms with E-state index >= 15 is 0 Å². The Morgan fingerprint density at radius 2 is 0.515 bits per heavy atom. The third kappa shape index (κ3) is 5.09. The molecule has 0 heterocycles. The van der Waals surface area contributed by atoms with Gasteiger partial charge >= 0.3 is 0 Å². The van der Waals surface area contributed by atoms with E-state index in [1.165, 1.54) is 77.9 Å². The summed E-state index contributed by atoms with van der Waals surface area (Å²) in [4.78, 5) is 4.49. The van der Waals surface area contributed by atoms with Crippen LogP contribution in [-0.4, -0.2) is 0 Å². The monoisotopic (exact) mass is 874 g/mol. The number of fused-ring (bicyclic) bond motifs is 18. The molecular weight excluding hydrogens is 835 g/mol. The zero-order valence-electron chi connectivity index (χ0n) is 36.7. The number of hydrogen-bond donors (Lipinski definition) is 0. The standard InChI is InChI=1S/C64H40F2N2/c65-41-27-31-45(32-28-41)67(43-15-3-1-4-16-43)47-35-37-53-59(39-47)63(55-23-11-7-19-49(55)50-20-8-12-24-56(50)63)62-54-38-36-48(68(44-17-5-2-6-18-44)46-33-29-42(66)30-34-46)40-60(54)64(61(53)62)57-25-13-9-21-51(57)52-22-10-14-26-58(52)64/h1-40H. The fourth-order valence-electron chi connectivity index (χ4n) is 12.5. The van der Waals surface area contributed by atoms with Gasteiger partial charge in [0.1, 0.15) is 11.6 Å². The van der Waals surface area contributed by atoms with E-state index in [-0.39, 0.29) is 11.6 Å². The van der Waals surface area contributed by atoms with E-state index in [2.05, 4.69) is 192 Å². The average molecular weight is 875 g/mol. The van der Waals surface area contributed by atoms with Crippen LogP contribution in [0.15, 0.2) is 243 Å². The van der Waals surface area contributed by atoms with Crippen molar-refractivity contribution in [2.24, 2.45) is 0 Å². The van der Waals surface area contributed by atoms with E-state index in [1.807, 2.05) is 36.4 Å². The lowest BCUT2D eigenvalue weighted by molar-refractivity contribution is 0.627. The summed E-state index contributed by atoms with van der Waals surface area (Å²) in [6.07, 6.45) is 0. The maximum Gasteiger partial charge on any atom is 0.123 e. The number of benzene rings is 10. The van der Waals surface area contributed by atoms with Gasteiger partial charge in [0, 0.05) is 34.1 Å². The quantitative estimate of drug-likeness (QED) is 0.164. The molecular formula is C64H40F2N2. The topological polar surface area (TPSA) is 6.48 Å². The summed E-state index contributed by atoms with van der Waals surface area (Å²) in [7, 11) is 0. The smallest absolute Gasteiger partial charge is 0.123 e. The van der Waals surface area contributed by atoms with E-state index in [0.717, 1.165) is 34.1 Å². The van der Waals surface area contributed by atoms with Crippen LogP contribution in [0.5, 0.6) is 0 Å². The van der Waals surface area contributed by atoms with Gasteiger partial charge in [0.15, 0.2) is 0 Å². The Hall–Kier alpha value is -8.60.